The summed E-state index contributed by atoms with van der Waals surface area (Å²) in [6.07, 6.45) is 3.46. The van der Waals surface area contributed by atoms with Crippen LogP contribution in [0.25, 0.3) is 0 Å². The molecule has 7 heteroatoms. The molecule has 2 N–H and O–H groups in total. The number of hydrogen-bond acceptors (Lipinski definition) is 4. The van der Waals surface area contributed by atoms with Gasteiger partial charge in [0.1, 0.15) is 5.75 Å². The van der Waals surface area contributed by atoms with Crippen molar-refractivity contribution in [3.63, 3.8) is 0 Å². The van der Waals surface area contributed by atoms with Gasteiger partial charge in [-0.2, -0.15) is 0 Å². The number of aryl methyl sites for hydroxylation is 1. The van der Waals surface area contributed by atoms with Crippen LogP contribution in [0.2, 0.25) is 0 Å². The molecule has 0 amide bonds. The molecule has 1 atom stereocenters. The van der Waals surface area contributed by atoms with Crippen molar-refractivity contribution >= 4 is 29.9 Å². The van der Waals surface area contributed by atoms with Crippen LogP contribution in [0, 0.1) is 18.8 Å². The number of methoxy groups -OCH3 is 1. The Balaban J connectivity index is 0.00000480. The molecule has 0 spiro atoms. The first-order valence-corrected chi connectivity index (χ1v) is 11.4. The van der Waals surface area contributed by atoms with Gasteiger partial charge in [-0.25, -0.2) is 0 Å². The van der Waals surface area contributed by atoms with Crippen molar-refractivity contribution in [3.8, 4) is 5.75 Å². The lowest BCUT2D eigenvalue weighted by atomic mass is 9.97. The highest BCUT2D eigenvalue weighted by Crippen LogP contribution is 2.21. The number of halogens is 1. The third-order valence-electron chi connectivity index (χ3n) is 5.43. The summed E-state index contributed by atoms with van der Waals surface area (Å²) in [5.74, 6) is 3.19. The van der Waals surface area contributed by atoms with E-state index < -0.39 is 0 Å². The number of hydrogen-bond donors (Lipinski definition) is 2. The molecule has 31 heavy (non-hydrogen) atoms. The zero-order chi connectivity index (χ0) is 21.8. The SMILES string of the molecule is CN=C(NCc1ccc(C)cc1OCCCOC)NCC1CCCN(CC(C)C)C1.I. The van der Waals surface area contributed by atoms with Gasteiger partial charge in [-0.3, -0.25) is 4.99 Å². The van der Waals surface area contributed by atoms with Crippen molar-refractivity contribution in [2.75, 3.05) is 53.6 Å². The normalized spacial score (nSPS) is 17.4. The average Bonchev–Trinajstić information content (AvgIpc) is 2.72. The van der Waals surface area contributed by atoms with E-state index in [0.29, 0.717) is 25.7 Å². The van der Waals surface area contributed by atoms with Gasteiger partial charge in [-0.1, -0.05) is 26.0 Å². The van der Waals surface area contributed by atoms with Crippen molar-refractivity contribution in [2.24, 2.45) is 16.8 Å². The fourth-order valence-corrected chi connectivity index (χ4v) is 3.97. The molecule has 1 heterocycles. The molecule has 178 valence electrons. The minimum atomic E-state index is 0. The molecule has 0 bridgehead atoms. The Labute approximate surface area is 206 Å². The minimum absolute atomic E-state index is 0. The summed E-state index contributed by atoms with van der Waals surface area (Å²) in [5.41, 5.74) is 2.34. The molecule has 0 aliphatic carbocycles. The van der Waals surface area contributed by atoms with Gasteiger partial charge in [-0.05, 0) is 49.8 Å². The summed E-state index contributed by atoms with van der Waals surface area (Å²) in [5, 5.41) is 6.98. The number of ether oxygens (including phenoxy) is 2. The van der Waals surface area contributed by atoms with E-state index in [1.807, 2.05) is 7.05 Å². The van der Waals surface area contributed by atoms with Gasteiger partial charge in [0.25, 0.3) is 0 Å². The minimum Gasteiger partial charge on any atom is -0.493 e. The van der Waals surface area contributed by atoms with Gasteiger partial charge in [0.2, 0.25) is 0 Å². The Morgan fingerprint density at radius 2 is 2.06 bits per heavy atom. The molecule has 0 saturated carbocycles. The summed E-state index contributed by atoms with van der Waals surface area (Å²) in [6, 6.07) is 6.36. The number of aliphatic imine (C=N–C) groups is 1. The maximum absolute atomic E-state index is 6.00. The lowest BCUT2D eigenvalue weighted by Crippen LogP contribution is -2.45. The Kier molecular flexibility index (Phi) is 14.2. The number of rotatable bonds is 11. The van der Waals surface area contributed by atoms with Crippen molar-refractivity contribution < 1.29 is 9.47 Å². The lowest BCUT2D eigenvalue weighted by molar-refractivity contribution is 0.159. The van der Waals surface area contributed by atoms with E-state index in [2.05, 4.69) is 59.5 Å². The first kappa shape index (κ1) is 28.0. The molecule has 1 aromatic carbocycles. The van der Waals surface area contributed by atoms with Crippen LogP contribution in [0.5, 0.6) is 5.75 Å². The second-order valence-electron chi connectivity index (χ2n) is 8.77. The van der Waals surface area contributed by atoms with Crippen LogP contribution in [0.4, 0.5) is 0 Å². The molecular weight excluding hydrogens is 503 g/mol. The van der Waals surface area contributed by atoms with Crippen LogP contribution in [0.1, 0.15) is 44.2 Å². The van der Waals surface area contributed by atoms with Crippen molar-refractivity contribution in [1.29, 1.82) is 0 Å². The van der Waals surface area contributed by atoms with Gasteiger partial charge < -0.3 is 25.0 Å². The largest absolute Gasteiger partial charge is 0.493 e. The Hall–Kier alpha value is -1.06. The van der Waals surface area contributed by atoms with E-state index in [1.54, 1.807) is 7.11 Å². The second-order valence-corrected chi connectivity index (χ2v) is 8.77. The molecular formula is C24H43IN4O2. The smallest absolute Gasteiger partial charge is 0.191 e. The standard InChI is InChI=1S/C24H42N4O2.HI/c1-19(2)17-28-11-6-8-21(18-28)15-26-24(25-4)27-16-22-10-9-20(3)14-23(22)30-13-7-12-29-5;/h9-10,14,19,21H,6-8,11-13,15-18H2,1-5H3,(H2,25,26,27);1H. The zero-order valence-electron chi connectivity index (χ0n) is 20.1. The first-order valence-electron chi connectivity index (χ1n) is 11.4. The highest BCUT2D eigenvalue weighted by Gasteiger charge is 2.20. The average molecular weight is 547 g/mol. The van der Waals surface area contributed by atoms with Crippen LogP contribution >= 0.6 is 24.0 Å². The molecule has 0 radical (unpaired) electrons. The van der Waals surface area contributed by atoms with E-state index in [0.717, 1.165) is 36.2 Å². The highest BCUT2D eigenvalue weighted by molar-refractivity contribution is 14.0. The third-order valence-corrected chi connectivity index (χ3v) is 5.43. The number of guanidine groups is 1. The van der Waals surface area contributed by atoms with Gasteiger partial charge in [0.15, 0.2) is 5.96 Å². The van der Waals surface area contributed by atoms with Crippen molar-refractivity contribution in [1.82, 2.24) is 15.5 Å². The molecule has 1 unspecified atom stereocenters. The van der Waals surface area contributed by atoms with Crippen LogP contribution in [-0.2, 0) is 11.3 Å². The topological polar surface area (TPSA) is 58.1 Å². The molecule has 1 fully saturated rings. The highest BCUT2D eigenvalue weighted by atomic mass is 127. The number of nitrogens with one attached hydrogen (secondary N) is 2. The monoisotopic (exact) mass is 546 g/mol. The summed E-state index contributed by atoms with van der Waals surface area (Å²) in [4.78, 5) is 7.02. The number of likely N-dealkylation sites (tertiary alicyclic amines) is 1. The molecule has 2 rings (SSSR count). The molecule has 0 aromatic heterocycles. The Bertz CT molecular complexity index is 654. The maximum Gasteiger partial charge on any atom is 0.191 e. The van der Waals surface area contributed by atoms with Gasteiger partial charge >= 0.3 is 0 Å². The van der Waals surface area contributed by atoms with Gasteiger partial charge in [0, 0.05) is 58.9 Å². The summed E-state index contributed by atoms with van der Waals surface area (Å²) in [6.45, 7) is 13.3. The number of piperidine rings is 1. The van der Waals surface area contributed by atoms with E-state index in [1.165, 1.54) is 38.0 Å². The molecule has 6 nitrogen and oxygen atoms in total. The molecule has 1 aliphatic rings. The lowest BCUT2D eigenvalue weighted by Gasteiger charge is -2.34. The van der Waals surface area contributed by atoms with E-state index in [-0.39, 0.29) is 24.0 Å². The van der Waals surface area contributed by atoms with E-state index >= 15 is 0 Å². The van der Waals surface area contributed by atoms with Crippen molar-refractivity contribution in [2.45, 2.75) is 46.6 Å². The number of benzene rings is 1. The Morgan fingerprint density at radius 1 is 1.26 bits per heavy atom. The fourth-order valence-electron chi connectivity index (χ4n) is 3.97. The zero-order valence-corrected chi connectivity index (χ0v) is 22.4. The van der Waals surface area contributed by atoms with Crippen LogP contribution in [0.15, 0.2) is 23.2 Å². The third kappa shape index (κ3) is 10.9. The predicted molar refractivity (Wildman–Crippen MR) is 141 cm³/mol. The number of nitrogens with zero attached hydrogens (tertiary/aromatic N) is 2. The van der Waals surface area contributed by atoms with Crippen LogP contribution < -0.4 is 15.4 Å². The van der Waals surface area contributed by atoms with Crippen molar-refractivity contribution in [3.05, 3.63) is 29.3 Å². The summed E-state index contributed by atoms with van der Waals surface area (Å²) in [7, 11) is 3.55. The predicted octanol–water partition coefficient (Wildman–Crippen LogP) is 4.06. The molecule has 1 aliphatic heterocycles. The van der Waals surface area contributed by atoms with E-state index in [9.17, 15) is 0 Å². The summed E-state index contributed by atoms with van der Waals surface area (Å²) >= 11 is 0. The van der Waals surface area contributed by atoms with Gasteiger partial charge in [0.05, 0.1) is 6.61 Å². The van der Waals surface area contributed by atoms with E-state index in [4.69, 9.17) is 9.47 Å². The second kappa shape index (κ2) is 15.7. The molecule has 1 saturated heterocycles. The summed E-state index contributed by atoms with van der Waals surface area (Å²) < 4.78 is 11.1. The van der Waals surface area contributed by atoms with Gasteiger partial charge in [-0.15, -0.1) is 24.0 Å². The van der Waals surface area contributed by atoms with Crippen LogP contribution in [-0.4, -0.2) is 64.4 Å². The fraction of sp³-hybridized carbons (Fsp3) is 0.708. The van der Waals surface area contributed by atoms with Crippen LogP contribution in [0.3, 0.4) is 0 Å². The Morgan fingerprint density at radius 3 is 2.77 bits per heavy atom. The maximum atomic E-state index is 6.00. The first-order chi connectivity index (χ1) is 14.5. The quantitative estimate of drug-likeness (QED) is 0.190. The molecule has 1 aromatic rings.